The predicted molar refractivity (Wildman–Crippen MR) is 249 cm³/mol. The van der Waals surface area contributed by atoms with Crippen LogP contribution in [0.3, 0.4) is 0 Å². The maximum atomic E-state index is 14.6. The number of carbonyl (C=O) groups is 2. The number of allylic oxidation sites excluding steroid dienone is 4. The summed E-state index contributed by atoms with van der Waals surface area (Å²) in [6, 6.07) is 17.9. The van der Waals surface area contributed by atoms with Gasteiger partial charge in [0.05, 0.1) is 28.7 Å². The first-order chi connectivity index (χ1) is 30.8. The van der Waals surface area contributed by atoms with Crippen molar-refractivity contribution in [3.05, 3.63) is 142 Å². The molecular weight excluding hydrogens is 789 g/mol. The Kier molecular flexibility index (Phi) is 15.0. The van der Waals surface area contributed by atoms with Gasteiger partial charge in [-0.2, -0.15) is 5.10 Å². The molecule has 2 aromatic carbocycles. The Balaban J connectivity index is 0.954. The van der Waals surface area contributed by atoms with Gasteiger partial charge in [0, 0.05) is 42.0 Å². The van der Waals surface area contributed by atoms with Crippen molar-refractivity contribution in [2.24, 2.45) is 0 Å². The molecule has 1 aliphatic carbocycles. The molecule has 0 radical (unpaired) electrons. The van der Waals surface area contributed by atoms with Crippen LogP contribution < -0.4 is 16.6 Å². The van der Waals surface area contributed by atoms with Crippen molar-refractivity contribution in [3.8, 4) is 17.5 Å². The number of amides is 1. The lowest BCUT2D eigenvalue weighted by molar-refractivity contribution is -0.145. The Bertz CT molecular complexity index is 2690. The number of anilines is 1. The molecule has 3 N–H and O–H groups in total. The molecular formula is C51H58N8O4. The zero-order chi connectivity index (χ0) is 44.0. The fourth-order valence-corrected chi connectivity index (χ4v) is 7.85. The smallest absolute Gasteiger partial charge is 0.305 e. The van der Waals surface area contributed by atoms with Gasteiger partial charge in [-0.05, 0) is 94.0 Å². The Morgan fingerprint density at radius 2 is 1.70 bits per heavy atom. The highest BCUT2D eigenvalue weighted by atomic mass is 16.5. The highest BCUT2D eigenvalue weighted by molar-refractivity contribution is 6.04. The molecule has 4 aromatic heterocycles. The van der Waals surface area contributed by atoms with E-state index in [4.69, 9.17) is 10.5 Å². The fourth-order valence-electron chi connectivity index (χ4n) is 7.85. The van der Waals surface area contributed by atoms with Gasteiger partial charge in [-0.15, -0.1) is 5.10 Å². The highest BCUT2D eigenvalue weighted by Gasteiger charge is 2.47. The van der Waals surface area contributed by atoms with Crippen molar-refractivity contribution < 1.29 is 14.3 Å². The monoisotopic (exact) mass is 846 g/mol. The van der Waals surface area contributed by atoms with E-state index in [1.165, 1.54) is 43.0 Å². The molecule has 1 atom stereocenters. The summed E-state index contributed by atoms with van der Waals surface area (Å²) < 4.78 is 10.7. The third kappa shape index (κ3) is 11.2. The number of aromatic nitrogens is 6. The zero-order valence-corrected chi connectivity index (χ0v) is 36.5. The number of unbranched alkanes of at least 4 members (excludes halogenated alkanes) is 8. The number of esters is 1. The van der Waals surface area contributed by atoms with Crippen LogP contribution in [0.25, 0.3) is 22.1 Å². The van der Waals surface area contributed by atoms with Crippen molar-refractivity contribution in [1.29, 1.82) is 0 Å². The molecule has 12 nitrogen and oxygen atoms in total. The van der Waals surface area contributed by atoms with Crippen molar-refractivity contribution in [2.75, 3.05) is 12.3 Å². The van der Waals surface area contributed by atoms with Crippen molar-refractivity contribution in [2.45, 2.75) is 115 Å². The highest BCUT2D eigenvalue weighted by Crippen LogP contribution is 2.43. The molecule has 1 saturated carbocycles. The van der Waals surface area contributed by atoms with Crippen LogP contribution in [0.2, 0.25) is 0 Å². The van der Waals surface area contributed by atoms with Crippen LogP contribution in [0.1, 0.15) is 137 Å². The van der Waals surface area contributed by atoms with E-state index in [1.54, 1.807) is 29.2 Å². The second-order valence-corrected chi connectivity index (χ2v) is 16.4. The Labute approximate surface area is 369 Å². The maximum Gasteiger partial charge on any atom is 0.305 e. The largest absolute Gasteiger partial charge is 0.463 e. The molecule has 1 fully saturated rings. The molecule has 6 aromatic rings. The number of nitrogens with one attached hydrogen (secondary N) is 1. The number of hydrogen-bond donors (Lipinski definition) is 2. The molecule has 63 heavy (non-hydrogen) atoms. The maximum absolute atomic E-state index is 14.6. The number of nitrogens with zero attached hydrogens (tertiary/aromatic N) is 6. The summed E-state index contributed by atoms with van der Waals surface area (Å²) in [7, 11) is 0. The number of carbonyl (C=O) groups excluding carboxylic acids is 2. The van der Waals surface area contributed by atoms with Crippen LogP contribution in [0.4, 0.5) is 5.82 Å². The molecule has 1 amide bonds. The van der Waals surface area contributed by atoms with E-state index in [9.17, 15) is 14.4 Å². The van der Waals surface area contributed by atoms with E-state index in [-0.39, 0.29) is 35.1 Å². The van der Waals surface area contributed by atoms with Gasteiger partial charge in [0.1, 0.15) is 12.2 Å². The van der Waals surface area contributed by atoms with Gasteiger partial charge in [0.2, 0.25) is 0 Å². The van der Waals surface area contributed by atoms with Crippen molar-refractivity contribution >= 4 is 34.1 Å². The first-order valence-electron chi connectivity index (χ1n) is 22.4. The molecule has 12 heteroatoms. The average molecular weight is 847 g/mol. The van der Waals surface area contributed by atoms with Gasteiger partial charge >= 0.3 is 5.97 Å². The molecule has 0 spiro atoms. The summed E-state index contributed by atoms with van der Waals surface area (Å²) in [6.45, 7) is 4.34. The van der Waals surface area contributed by atoms with Gasteiger partial charge < -0.3 is 15.8 Å². The van der Waals surface area contributed by atoms with E-state index < -0.39 is 11.9 Å². The predicted octanol–water partition coefficient (Wildman–Crippen LogP) is 9.55. The quantitative estimate of drug-likeness (QED) is 0.0315. The minimum absolute atomic E-state index is 0.0556. The van der Waals surface area contributed by atoms with Gasteiger partial charge in [0.25, 0.3) is 11.5 Å². The van der Waals surface area contributed by atoms with Crippen molar-refractivity contribution in [3.63, 3.8) is 0 Å². The Morgan fingerprint density at radius 1 is 0.937 bits per heavy atom. The van der Waals surface area contributed by atoms with Gasteiger partial charge in [0.15, 0.2) is 11.5 Å². The lowest BCUT2D eigenvalue weighted by Crippen LogP contribution is -2.32. The number of rotatable bonds is 21. The lowest BCUT2D eigenvalue weighted by Gasteiger charge is -2.21. The molecule has 0 aliphatic heterocycles. The van der Waals surface area contributed by atoms with E-state index in [0.29, 0.717) is 45.3 Å². The van der Waals surface area contributed by atoms with Crippen LogP contribution in [0.15, 0.2) is 115 Å². The summed E-state index contributed by atoms with van der Waals surface area (Å²) in [5.74, 6) is 5.89. The third-order valence-electron chi connectivity index (χ3n) is 11.6. The number of nitrogens with two attached hydrogens (primary N) is 1. The number of fused-ring (bicyclic) bond motifs is 2. The standard InChI is InChI=1S/C51H58N8O4/c1-3-4-5-6-7-8-9-10-11-12-13-14-15-16-20-27-44(60)63-37-51(30-31-51)58-36-39(35-54-58)28-29-40-23-21-24-41-34-43(59(50(62)45(40)41)42-25-18-17-19-26-42)38(2)55-49(61)46-47(52)56-57-33-22-32-53-48(46)57/h7-8,10-11,17-19,21-26,32-36,38H,3-6,9,12-16,20,27,30-31,37H2,1-2H3,(H2,52,56)(H,55,61)/b8-7-,11-10-/t38-/m0/s1. The summed E-state index contributed by atoms with van der Waals surface area (Å²) in [6.07, 6.45) is 30.7. The molecule has 7 rings (SSSR count). The van der Waals surface area contributed by atoms with Crippen molar-refractivity contribution in [1.82, 2.24) is 34.3 Å². The average Bonchev–Trinajstić information content (AvgIpc) is 3.78. The SMILES string of the molecule is CCCCC/C=C\C/C=C\CCCCCCCC(=O)OCC1(n2cc(C#Cc3cccc4cc([C@H](C)NC(=O)c5c(N)nn6cccnc56)n(-c5ccccc5)c(=O)c34)cn2)CC1. The van der Waals surface area contributed by atoms with Gasteiger partial charge in [-0.1, -0.05) is 106 Å². The van der Waals surface area contributed by atoms with Crippen LogP contribution in [-0.2, 0) is 15.1 Å². The summed E-state index contributed by atoms with van der Waals surface area (Å²) in [5.41, 5.74) is 8.48. The molecule has 0 unspecified atom stereocenters. The summed E-state index contributed by atoms with van der Waals surface area (Å²) in [4.78, 5) is 45.2. The fraction of sp³-hybridized carbons (Fsp3) is 0.373. The number of nitrogen functional groups attached to an aromatic ring is 1. The van der Waals surface area contributed by atoms with Gasteiger partial charge in [-0.25, -0.2) is 9.50 Å². The molecule has 326 valence electrons. The van der Waals surface area contributed by atoms with E-state index in [1.807, 2.05) is 72.4 Å². The van der Waals surface area contributed by atoms with E-state index in [0.717, 1.165) is 44.9 Å². The number of ether oxygens (including phenoxy) is 1. The molecule has 0 bridgehead atoms. The first kappa shape index (κ1) is 44.3. The molecule has 1 aliphatic rings. The minimum atomic E-state index is -0.618. The zero-order valence-electron chi connectivity index (χ0n) is 36.5. The Morgan fingerprint density at radius 3 is 2.48 bits per heavy atom. The van der Waals surface area contributed by atoms with E-state index >= 15 is 0 Å². The van der Waals surface area contributed by atoms with Gasteiger partial charge in [-0.3, -0.25) is 23.6 Å². The number of para-hydroxylation sites is 1. The number of hydrogen-bond acceptors (Lipinski definition) is 8. The third-order valence-corrected chi connectivity index (χ3v) is 11.6. The number of benzene rings is 2. The number of pyridine rings is 1. The van der Waals surface area contributed by atoms with Crippen LogP contribution in [-0.4, -0.2) is 47.4 Å². The Hall–Kier alpha value is -6.74. The van der Waals surface area contributed by atoms with E-state index in [2.05, 4.69) is 63.6 Å². The normalized spacial score (nSPS) is 13.7. The lowest BCUT2D eigenvalue weighted by atomic mass is 10.0. The summed E-state index contributed by atoms with van der Waals surface area (Å²) >= 11 is 0. The van der Waals surface area contributed by atoms with Crippen LogP contribution in [0.5, 0.6) is 0 Å². The topological polar surface area (TPSA) is 151 Å². The second kappa shape index (κ2) is 21.4. The summed E-state index contributed by atoms with van der Waals surface area (Å²) in [5, 5.41) is 13.0. The molecule has 0 saturated heterocycles. The van der Waals surface area contributed by atoms with Crippen LogP contribution in [0, 0.1) is 11.8 Å². The minimum Gasteiger partial charge on any atom is -0.463 e. The molecule has 4 heterocycles. The second-order valence-electron chi connectivity index (χ2n) is 16.4. The van der Waals surface area contributed by atoms with Crippen LogP contribution >= 0.6 is 0 Å². The first-order valence-corrected chi connectivity index (χ1v) is 22.4.